The number of benzene rings is 2. The standard InChI is InChI=1S/C29H33ClF3NOS/c1-8-23(17(2)3)34(20-13-18(30)14-21(15-20)35-29(31,32)33)19-9-10-22-24(16-19)36-26-25(22)27(4,5)11-12-28(26,6)7/h8-10,13-17H,11-12H2,1-7H3/b23-8-. The molecule has 1 heterocycles. The molecule has 0 radical (unpaired) electrons. The molecule has 0 saturated heterocycles. The van der Waals surface area contributed by atoms with Crippen LogP contribution >= 0.6 is 22.9 Å². The lowest BCUT2D eigenvalue weighted by Crippen LogP contribution is -2.32. The lowest BCUT2D eigenvalue weighted by Gasteiger charge is -2.39. The number of rotatable bonds is 5. The third-order valence-electron chi connectivity index (χ3n) is 7.09. The van der Waals surface area contributed by atoms with Crippen LogP contribution in [0.15, 0.2) is 48.2 Å². The highest BCUT2D eigenvalue weighted by atomic mass is 35.5. The molecular weight excluding hydrogens is 503 g/mol. The van der Waals surface area contributed by atoms with Crippen LogP contribution in [0.5, 0.6) is 5.75 Å². The zero-order chi connectivity index (χ0) is 26.6. The molecule has 0 fully saturated rings. The Morgan fingerprint density at radius 3 is 2.31 bits per heavy atom. The number of fused-ring (bicyclic) bond motifs is 3. The van der Waals surface area contributed by atoms with E-state index in [4.69, 9.17) is 11.6 Å². The van der Waals surface area contributed by atoms with Gasteiger partial charge in [-0.05, 0) is 71.7 Å². The van der Waals surface area contributed by atoms with E-state index in [2.05, 4.69) is 64.5 Å². The summed E-state index contributed by atoms with van der Waals surface area (Å²) in [4.78, 5) is 3.41. The Hall–Kier alpha value is -2.18. The van der Waals surface area contributed by atoms with Crippen molar-refractivity contribution in [3.8, 4) is 5.75 Å². The summed E-state index contributed by atoms with van der Waals surface area (Å²) in [5.41, 5.74) is 3.97. The lowest BCUT2D eigenvalue weighted by atomic mass is 9.66. The molecule has 1 aromatic heterocycles. The number of nitrogens with zero attached hydrogens (tertiary/aromatic N) is 1. The van der Waals surface area contributed by atoms with E-state index in [1.54, 1.807) is 6.07 Å². The van der Waals surface area contributed by atoms with Crippen LogP contribution in [0.1, 0.15) is 71.7 Å². The second-order valence-electron chi connectivity index (χ2n) is 11.2. The average molecular weight is 536 g/mol. The van der Waals surface area contributed by atoms with E-state index >= 15 is 0 Å². The average Bonchev–Trinajstić information content (AvgIpc) is 3.14. The Labute approximate surface area is 220 Å². The van der Waals surface area contributed by atoms with Crippen molar-refractivity contribution < 1.29 is 17.9 Å². The van der Waals surface area contributed by atoms with E-state index in [0.29, 0.717) is 5.69 Å². The molecular formula is C29H33ClF3NOS. The summed E-state index contributed by atoms with van der Waals surface area (Å²) in [5.74, 6) is -0.226. The minimum Gasteiger partial charge on any atom is -0.406 e. The van der Waals surface area contributed by atoms with E-state index in [1.165, 1.54) is 32.7 Å². The van der Waals surface area contributed by atoms with Crippen molar-refractivity contribution in [3.63, 3.8) is 0 Å². The van der Waals surface area contributed by atoms with Gasteiger partial charge in [0.2, 0.25) is 0 Å². The van der Waals surface area contributed by atoms with Gasteiger partial charge in [0.25, 0.3) is 0 Å². The Balaban J connectivity index is 1.92. The van der Waals surface area contributed by atoms with E-state index in [0.717, 1.165) is 24.2 Å². The molecule has 0 bridgehead atoms. The Morgan fingerprint density at radius 2 is 1.69 bits per heavy atom. The van der Waals surface area contributed by atoms with Crippen molar-refractivity contribution in [2.24, 2.45) is 5.92 Å². The topological polar surface area (TPSA) is 12.5 Å². The van der Waals surface area contributed by atoms with Gasteiger partial charge >= 0.3 is 6.36 Å². The largest absolute Gasteiger partial charge is 0.573 e. The molecule has 0 aliphatic heterocycles. The third-order valence-corrected chi connectivity index (χ3v) is 8.83. The first kappa shape index (κ1) is 26.9. The molecule has 0 N–H and O–H groups in total. The van der Waals surface area contributed by atoms with Gasteiger partial charge in [-0.1, -0.05) is 65.3 Å². The summed E-state index contributed by atoms with van der Waals surface area (Å²) in [6, 6.07) is 10.6. The van der Waals surface area contributed by atoms with Gasteiger partial charge in [0.05, 0.1) is 5.69 Å². The Bertz CT molecular complexity index is 1320. The van der Waals surface area contributed by atoms with Crippen molar-refractivity contribution >= 4 is 44.4 Å². The maximum Gasteiger partial charge on any atom is 0.573 e. The summed E-state index contributed by atoms with van der Waals surface area (Å²) in [6.07, 6.45) is -0.540. The quantitative estimate of drug-likeness (QED) is 0.322. The van der Waals surface area contributed by atoms with Gasteiger partial charge in [0, 0.05) is 32.1 Å². The number of hydrogen-bond donors (Lipinski definition) is 0. The van der Waals surface area contributed by atoms with Crippen LogP contribution in [0, 0.1) is 5.92 Å². The summed E-state index contributed by atoms with van der Waals surface area (Å²) in [7, 11) is 0. The lowest BCUT2D eigenvalue weighted by molar-refractivity contribution is -0.274. The first-order valence-electron chi connectivity index (χ1n) is 12.2. The smallest absolute Gasteiger partial charge is 0.406 e. The van der Waals surface area contributed by atoms with E-state index in [1.807, 2.05) is 29.2 Å². The summed E-state index contributed by atoms with van der Waals surface area (Å²) < 4.78 is 44.4. The highest BCUT2D eigenvalue weighted by molar-refractivity contribution is 7.19. The molecule has 194 valence electrons. The van der Waals surface area contributed by atoms with Crippen molar-refractivity contribution in [1.29, 1.82) is 0 Å². The molecule has 3 aromatic rings. The van der Waals surface area contributed by atoms with Crippen LogP contribution in [0.2, 0.25) is 5.02 Å². The van der Waals surface area contributed by atoms with Gasteiger partial charge in [-0.25, -0.2) is 0 Å². The molecule has 7 heteroatoms. The van der Waals surface area contributed by atoms with Crippen LogP contribution in [-0.4, -0.2) is 6.36 Å². The van der Waals surface area contributed by atoms with Crippen LogP contribution in [0.3, 0.4) is 0 Å². The highest BCUT2D eigenvalue weighted by Crippen LogP contribution is 2.53. The fourth-order valence-corrected chi connectivity index (χ4v) is 7.04. The zero-order valence-corrected chi connectivity index (χ0v) is 23.4. The molecule has 1 aliphatic rings. The molecule has 2 aromatic carbocycles. The summed E-state index contributed by atoms with van der Waals surface area (Å²) in [6.45, 7) is 15.3. The van der Waals surface area contributed by atoms with Gasteiger partial charge in [-0.15, -0.1) is 24.5 Å². The summed E-state index contributed by atoms with van der Waals surface area (Å²) in [5, 5.41) is 1.43. The van der Waals surface area contributed by atoms with E-state index in [-0.39, 0.29) is 27.5 Å². The number of ether oxygens (including phenoxy) is 1. The maximum atomic E-state index is 13.0. The SMILES string of the molecule is C/C=C(/C(C)C)N(c1cc(Cl)cc(OC(F)(F)F)c1)c1ccc2c3c(sc2c1)C(C)(C)CCC3(C)C. The van der Waals surface area contributed by atoms with Crippen LogP contribution in [0.4, 0.5) is 24.5 Å². The van der Waals surface area contributed by atoms with Crippen molar-refractivity contribution in [1.82, 2.24) is 0 Å². The number of anilines is 2. The molecule has 0 atom stereocenters. The first-order chi connectivity index (χ1) is 16.6. The molecule has 0 unspecified atom stereocenters. The van der Waals surface area contributed by atoms with Gasteiger partial charge in [0.1, 0.15) is 5.75 Å². The van der Waals surface area contributed by atoms with Crippen molar-refractivity contribution in [2.75, 3.05) is 4.90 Å². The molecule has 0 spiro atoms. The van der Waals surface area contributed by atoms with Crippen LogP contribution in [-0.2, 0) is 10.8 Å². The van der Waals surface area contributed by atoms with Gasteiger partial charge < -0.3 is 9.64 Å². The third kappa shape index (κ3) is 5.12. The molecule has 0 amide bonds. The van der Waals surface area contributed by atoms with Gasteiger partial charge in [-0.2, -0.15) is 0 Å². The number of hydrogen-bond acceptors (Lipinski definition) is 3. The number of thiophene rings is 1. The molecule has 4 rings (SSSR count). The van der Waals surface area contributed by atoms with E-state index in [9.17, 15) is 13.2 Å². The molecule has 2 nitrogen and oxygen atoms in total. The van der Waals surface area contributed by atoms with Crippen molar-refractivity contribution in [2.45, 2.75) is 78.5 Å². The number of alkyl halides is 3. The van der Waals surface area contributed by atoms with Crippen LogP contribution < -0.4 is 9.64 Å². The fraction of sp³-hybridized carbons (Fsp3) is 0.448. The maximum absolute atomic E-state index is 13.0. The predicted octanol–water partition coefficient (Wildman–Crippen LogP) is 10.5. The monoisotopic (exact) mass is 535 g/mol. The molecule has 1 aliphatic carbocycles. The second-order valence-corrected chi connectivity index (χ2v) is 12.6. The minimum atomic E-state index is -4.80. The Kier molecular flexibility index (Phi) is 6.93. The summed E-state index contributed by atoms with van der Waals surface area (Å²) >= 11 is 8.10. The van der Waals surface area contributed by atoms with Crippen LogP contribution in [0.25, 0.3) is 10.1 Å². The highest BCUT2D eigenvalue weighted by Gasteiger charge is 2.40. The van der Waals surface area contributed by atoms with Gasteiger partial charge in [0.15, 0.2) is 0 Å². The normalized spacial score (nSPS) is 17.4. The molecule has 0 saturated carbocycles. The first-order valence-corrected chi connectivity index (χ1v) is 13.4. The number of allylic oxidation sites excluding steroid dienone is 2. The zero-order valence-electron chi connectivity index (χ0n) is 21.8. The Morgan fingerprint density at radius 1 is 1.03 bits per heavy atom. The van der Waals surface area contributed by atoms with Crippen molar-refractivity contribution in [3.05, 3.63) is 63.6 Å². The molecule has 36 heavy (non-hydrogen) atoms. The fourth-order valence-electron chi connectivity index (χ4n) is 5.27. The predicted molar refractivity (Wildman–Crippen MR) is 146 cm³/mol. The van der Waals surface area contributed by atoms with Gasteiger partial charge in [-0.3, -0.25) is 0 Å². The second kappa shape index (κ2) is 9.29. The minimum absolute atomic E-state index is 0.0908. The number of halogens is 4. The van der Waals surface area contributed by atoms with E-state index < -0.39 is 6.36 Å².